The van der Waals surface area contributed by atoms with Gasteiger partial charge >= 0.3 is 117 Å². The molecule has 0 unspecified atom stereocenters. The third-order valence-electron chi connectivity index (χ3n) is 2.83. The van der Waals surface area contributed by atoms with Gasteiger partial charge < -0.3 is 24.8 Å². The second-order valence-corrected chi connectivity index (χ2v) is 15.4. The van der Waals surface area contributed by atoms with Crippen LogP contribution in [-0.4, -0.2) is 6.69 Å². The van der Waals surface area contributed by atoms with Crippen molar-refractivity contribution < 1.29 is 49.5 Å². The maximum atomic E-state index is 3.90. The molecular weight excluding hydrogens is 414 g/mol. The van der Waals surface area contributed by atoms with E-state index in [2.05, 4.69) is 52.7 Å². The minimum absolute atomic E-state index is 0. The first-order chi connectivity index (χ1) is 7.00. The molecule has 0 fully saturated rings. The van der Waals surface area contributed by atoms with Crippen LogP contribution in [0.25, 0.3) is 0 Å². The van der Waals surface area contributed by atoms with Crippen LogP contribution in [0.15, 0.2) is 43.9 Å². The van der Waals surface area contributed by atoms with Crippen LogP contribution in [0.5, 0.6) is 0 Å². The van der Waals surface area contributed by atoms with Crippen molar-refractivity contribution >= 4 is 22.0 Å². The molecule has 2 rings (SSSR count). The third-order valence-corrected chi connectivity index (χ3v) is 7.02. The molecular formula is C12H14BrCl2SiZr. The second kappa shape index (κ2) is 7.05. The summed E-state index contributed by atoms with van der Waals surface area (Å²) in [5.41, 5.74) is 3.12. The van der Waals surface area contributed by atoms with E-state index in [1.807, 2.05) is 0 Å². The number of hydrogen-bond acceptors (Lipinski definition) is 0. The van der Waals surface area contributed by atoms with E-state index >= 15 is 0 Å². The first kappa shape index (κ1) is 18.1. The van der Waals surface area contributed by atoms with Gasteiger partial charge in [-0.2, -0.15) is 0 Å². The van der Waals surface area contributed by atoms with Gasteiger partial charge in [0.25, 0.3) is 0 Å². The second-order valence-electron chi connectivity index (χ2n) is 4.47. The number of allylic oxidation sites excluding steroid dienone is 8. The quantitative estimate of drug-likeness (QED) is 0.358. The molecule has 0 saturated carbocycles. The predicted octanol–water partition coefficient (Wildman–Crippen LogP) is -1.85. The van der Waals surface area contributed by atoms with Gasteiger partial charge in [0.2, 0.25) is 0 Å². The summed E-state index contributed by atoms with van der Waals surface area (Å²) >= 11 is 5.48. The fourth-order valence-electron chi connectivity index (χ4n) is 2.11. The predicted molar refractivity (Wildman–Crippen MR) is 68.0 cm³/mol. The maximum Gasteiger partial charge on any atom is -1.00 e. The van der Waals surface area contributed by atoms with Crippen LogP contribution in [0.1, 0.15) is 12.8 Å². The average molecular weight is 428 g/mol. The fraction of sp³-hybridized carbons (Fsp3) is 0.333. The van der Waals surface area contributed by atoms with E-state index < -0.39 is 6.69 Å². The van der Waals surface area contributed by atoms with E-state index in [1.165, 1.54) is 12.0 Å². The first-order valence-electron chi connectivity index (χ1n) is 5.21. The largest absolute Gasteiger partial charge is 1.00 e. The molecule has 17 heavy (non-hydrogen) atoms. The normalized spacial score (nSPS) is 18.6. The van der Waals surface area contributed by atoms with Crippen LogP contribution >= 0.6 is 15.3 Å². The molecule has 0 heterocycles. The Balaban J connectivity index is 0.00000128. The Bertz CT molecular complexity index is 417. The Morgan fingerprint density at radius 3 is 2.18 bits per heavy atom. The zero-order valence-electron chi connectivity index (χ0n) is 9.86. The Hall–Kier alpha value is 1.12. The van der Waals surface area contributed by atoms with Crippen LogP contribution in [-0.2, 0) is 24.7 Å². The van der Waals surface area contributed by atoms with Gasteiger partial charge in [0.1, 0.15) is 0 Å². The van der Waals surface area contributed by atoms with Crippen LogP contribution in [0.3, 0.4) is 0 Å². The summed E-state index contributed by atoms with van der Waals surface area (Å²) in [6.07, 6.45) is 11.6. The van der Waals surface area contributed by atoms with Crippen LogP contribution < -0.4 is 24.8 Å². The molecule has 0 amide bonds. The van der Waals surface area contributed by atoms with Crippen molar-refractivity contribution in [2.24, 2.45) is 0 Å². The summed E-state index contributed by atoms with van der Waals surface area (Å²) in [5.74, 6) is 0. The Morgan fingerprint density at radius 1 is 1.12 bits per heavy atom. The van der Waals surface area contributed by atoms with Crippen molar-refractivity contribution in [1.29, 1.82) is 0 Å². The summed E-state index contributed by atoms with van der Waals surface area (Å²) in [6, 6.07) is 0. The monoisotopic (exact) mass is 425 g/mol. The van der Waals surface area contributed by atoms with Gasteiger partial charge in [-0.15, -0.1) is 0 Å². The molecule has 0 spiro atoms. The number of halogens is 3. The summed E-state index contributed by atoms with van der Waals surface area (Å²) in [6.45, 7) is 3.39. The van der Waals surface area contributed by atoms with E-state index in [0.29, 0.717) is 0 Å². The smallest absolute Gasteiger partial charge is 1.00 e. The van der Waals surface area contributed by atoms with Gasteiger partial charge in [-0.3, -0.25) is 0 Å². The molecule has 2 aliphatic carbocycles. The molecule has 0 aliphatic heterocycles. The summed E-state index contributed by atoms with van der Waals surface area (Å²) in [4.78, 5) is 0. The molecule has 0 aromatic carbocycles. The molecule has 91 valence electrons. The fourth-order valence-corrected chi connectivity index (χ4v) is 5.55. The zero-order valence-corrected chi connectivity index (χ0v) is 16.4. The molecule has 2 aliphatic rings. The van der Waals surface area contributed by atoms with E-state index in [0.717, 1.165) is 6.42 Å². The molecule has 0 bridgehead atoms. The first-order valence-corrected chi connectivity index (χ1v) is 11.7. The van der Waals surface area contributed by atoms with Crippen molar-refractivity contribution in [2.45, 2.75) is 25.9 Å². The standard InChI is InChI=1S/C12H14BrSi.2ClH.Zr/c1-14(2,13)12-9-5-8-11(12)10-6-3-4-7-10;;;/h3,5-6,9H,4,8H2,1-2H3;2*1H;/q;;;+2/p-2. The van der Waals surface area contributed by atoms with Crippen LogP contribution in [0.2, 0.25) is 13.1 Å². The Kier molecular flexibility index (Phi) is 7.51. The van der Waals surface area contributed by atoms with Crippen molar-refractivity contribution in [3.63, 3.8) is 0 Å². The van der Waals surface area contributed by atoms with Crippen LogP contribution in [0.4, 0.5) is 0 Å². The van der Waals surface area contributed by atoms with Crippen LogP contribution in [0, 0.1) is 0 Å². The topological polar surface area (TPSA) is 0 Å². The Morgan fingerprint density at radius 2 is 1.71 bits per heavy atom. The molecule has 0 radical (unpaired) electrons. The molecule has 0 nitrogen and oxygen atoms in total. The van der Waals surface area contributed by atoms with Crippen molar-refractivity contribution in [3.8, 4) is 0 Å². The van der Waals surface area contributed by atoms with Gasteiger partial charge in [-0.1, -0.05) is 0 Å². The molecule has 0 aromatic rings. The van der Waals surface area contributed by atoms with E-state index in [-0.39, 0.29) is 24.8 Å². The van der Waals surface area contributed by atoms with Gasteiger partial charge in [0.15, 0.2) is 0 Å². The van der Waals surface area contributed by atoms with Crippen molar-refractivity contribution in [2.75, 3.05) is 0 Å². The summed E-state index contributed by atoms with van der Waals surface area (Å²) in [5, 5.41) is 1.59. The van der Waals surface area contributed by atoms with Gasteiger partial charge in [-0.05, 0) is 0 Å². The molecule has 0 N–H and O–H groups in total. The molecule has 0 aromatic heterocycles. The summed E-state index contributed by atoms with van der Waals surface area (Å²) < 4.78 is 1.61. The molecule has 0 saturated heterocycles. The van der Waals surface area contributed by atoms with Crippen molar-refractivity contribution in [1.82, 2.24) is 0 Å². The zero-order chi connectivity index (χ0) is 11.1. The molecule has 0 atom stereocenters. The summed E-state index contributed by atoms with van der Waals surface area (Å²) in [7, 11) is 0. The SMILES string of the molecule is C[Si](C)(Br)C1=C(C2=[C]([Zr+2])CC=C2)CC=C1.[Cl-].[Cl-]. The van der Waals surface area contributed by atoms with E-state index in [4.69, 9.17) is 0 Å². The van der Waals surface area contributed by atoms with E-state index in [9.17, 15) is 0 Å². The average Bonchev–Trinajstić information content (AvgIpc) is 2.69. The third kappa shape index (κ3) is 4.04. The van der Waals surface area contributed by atoms with Gasteiger partial charge in [-0.25, -0.2) is 0 Å². The minimum Gasteiger partial charge on any atom is -1.00 e. The number of rotatable bonds is 2. The van der Waals surface area contributed by atoms with E-state index in [1.54, 1.807) is 38.8 Å². The molecule has 5 heteroatoms. The minimum atomic E-state index is -1.34. The van der Waals surface area contributed by atoms with Crippen molar-refractivity contribution in [3.05, 3.63) is 43.9 Å². The van der Waals surface area contributed by atoms with Gasteiger partial charge in [0, 0.05) is 0 Å². The maximum absolute atomic E-state index is 3.90. The van der Waals surface area contributed by atoms with Gasteiger partial charge in [0.05, 0.1) is 0 Å². The Labute approximate surface area is 140 Å². The number of hydrogen-bond donors (Lipinski definition) is 0.